The van der Waals surface area contributed by atoms with E-state index in [9.17, 15) is 9.59 Å². The molecule has 6 nitrogen and oxygen atoms in total. The highest BCUT2D eigenvalue weighted by Crippen LogP contribution is 2.28. The average Bonchev–Trinajstić information content (AvgIpc) is 2.85. The number of carbonyl (C=O) groups excluding carboxylic acids is 2. The number of hydrogen-bond donors (Lipinski definition) is 1. The number of carbonyl (C=O) groups is 2. The van der Waals surface area contributed by atoms with Crippen LogP contribution < -0.4 is 5.32 Å². The molecule has 6 heteroatoms. The normalized spacial score (nSPS) is 22.6. The number of methoxy groups -OCH3 is 1. The fraction of sp³-hybridized carbons (Fsp3) is 0.765. The van der Waals surface area contributed by atoms with E-state index in [1.54, 1.807) is 11.8 Å². The number of nitrogens with one attached hydrogen (secondary N) is 1. The highest BCUT2D eigenvalue weighted by atomic mass is 16.6. The molecule has 1 aliphatic rings. The van der Waals surface area contributed by atoms with Crippen LogP contribution in [-0.2, 0) is 14.3 Å². The zero-order chi connectivity index (χ0) is 17.6. The summed E-state index contributed by atoms with van der Waals surface area (Å²) in [5, 5.41) is 3.14. The van der Waals surface area contributed by atoms with Crippen LogP contribution >= 0.6 is 0 Å². The Kier molecular flexibility index (Phi) is 7.06. The number of ether oxygens (including phenoxy) is 2. The zero-order valence-corrected chi connectivity index (χ0v) is 14.9. The summed E-state index contributed by atoms with van der Waals surface area (Å²) in [6, 6.07) is -0.302. The summed E-state index contributed by atoms with van der Waals surface area (Å²) in [4.78, 5) is 25.8. The predicted molar refractivity (Wildman–Crippen MR) is 89.2 cm³/mol. The Morgan fingerprint density at radius 3 is 2.48 bits per heavy atom. The summed E-state index contributed by atoms with van der Waals surface area (Å²) >= 11 is 0. The lowest BCUT2D eigenvalue weighted by Crippen LogP contribution is -2.49. The number of esters is 1. The van der Waals surface area contributed by atoms with Crippen LogP contribution in [0.15, 0.2) is 12.7 Å². The van der Waals surface area contributed by atoms with Gasteiger partial charge in [0.1, 0.15) is 11.6 Å². The highest BCUT2D eigenvalue weighted by Gasteiger charge is 2.38. The molecule has 132 valence electrons. The summed E-state index contributed by atoms with van der Waals surface area (Å²) in [5.74, 6) is -0.311. The van der Waals surface area contributed by atoms with Gasteiger partial charge < -0.3 is 19.7 Å². The smallest absolute Gasteiger partial charge is 0.410 e. The first-order valence-electron chi connectivity index (χ1n) is 8.13. The number of amides is 1. The molecule has 1 amide bonds. The Morgan fingerprint density at radius 1 is 1.35 bits per heavy atom. The lowest BCUT2D eigenvalue weighted by molar-refractivity contribution is -0.142. The molecule has 1 saturated heterocycles. The van der Waals surface area contributed by atoms with Gasteiger partial charge in [0.15, 0.2) is 0 Å². The van der Waals surface area contributed by atoms with Crippen molar-refractivity contribution in [1.29, 1.82) is 0 Å². The van der Waals surface area contributed by atoms with Crippen LogP contribution in [0.25, 0.3) is 0 Å². The lowest BCUT2D eigenvalue weighted by Gasteiger charge is -2.32. The molecule has 23 heavy (non-hydrogen) atoms. The molecule has 0 aliphatic carbocycles. The number of nitrogens with zero attached hydrogens (tertiary/aromatic N) is 1. The predicted octanol–water partition coefficient (Wildman–Crippen LogP) is 2.48. The molecule has 1 heterocycles. The van der Waals surface area contributed by atoms with Crippen molar-refractivity contribution in [2.75, 3.05) is 13.7 Å². The fourth-order valence-electron chi connectivity index (χ4n) is 2.77. The molecule has 1 aliphatic heterocycles. The van der Waals surface area contributed by atoms with Gasteiger partial charge >= 0.3 is 12.1 Å². The number of hydrogen-bond acceptors (Lipinski definition) is 5. The van der Waals surface area contributed by atoms with E-state index < -0.39 is 11.6 Å². The summed E-state index contributed by atoms with van der Waals surface area (Å²) in [7, 11) is 1.36. The molecule has 1 fully saturated rings. The zero-order valence-electron chi connectivity index (χ0n) is 14.9. The third-order valence-corrected chi connectivity index (χ3v) is 3.88. The summed E-state index contributed by atoms with van der Waals surface area (Å²) in [6.45, 7) is 11.6. The van der Waals surface area contributed by atoms with Crippen molar-refractivity contribution in [3.8, 4) is 0 Å². The lowest BCUT2D eigenvalue weighted by atomic mass is 10.1. The van der Waals surface area contributed by atoms with Crippen LogP contribution in [0.4, 0.5) is 4.79 Å². The first-order valence-corrected chi connectivity index (χ1v) is 8.13. The molecule has 0 spiro atoms. The van der Waals surface area contributed by atoms with Gasteiger partial charge in [-0.1, -0.05) is 6.08 Å². The Balaban J connectivity index is 2.74. The van der Waals surface area contributed by atoms with E-state index in [4.69, 9.17) is 9.47 Å². The van der Waals surface area contributed by atoms with E-state index in [2.05, 4.69) is 11.9 Å². The van der Waals surface area contributed by atoms with Gasteiger partial charge in [-0.2, -0.15) is 0 Å². The van der Waals surface area contributed by atoms with E-state index in [0.29, 0.717) is 6.54 Å². The minimum absolute atomic E-state index is 0.00176. The molecule has 0 aromatic rings. The second kappa shape index (κ2) is 8.34. The van der Waals surface area contributed by atoms with Gasteiger partial charge in [0.25, 0.3) is 0 Å². The van der Waals surface area contributed by atoms with E-state index in [0.717, 1.165) is 19.3 Å². The minimum atomic E-state index is -0.532. The molecular formula is C17H30N2O4. The van der Waals surface area contributed by atoms with Crippen LogP contribution in [0.2, 0.25) is 0 Å². The van der Waals surface area contributed by atoms with Crippen molar-refractivity contribution in [3.63, 3.8) is 0 Å². The van der Waals surface area contributed by atoms with Gasteiger partial charge in [0.05, 0.1) is 7.11 Å². The Morgan fingerprint density at radius 2 is 1.96 bits per heavy atom. The third kappa shape index (κ3) is 5.86. The standard InChI is InChI=1S/C17H30N2O4/c1-7-8-13-9-10-14(11-18-12(2)15(20)22-6)19(13)16(21)23-17(3,4)5/h7,12-14,18H,1,8-11H2,2-6H3/t12-,13?,14?/m0/s1. The monoisotopic (exact) mass is 326 g/mol. The molecular weight excluding hydrogens is 296 g/mol. The summed E-state index contributed by atoms with van der Waals surface area (Å²) in [6.07, 6.45) is 4.04. The molecule has 3 atom stereocenters. The van der Waals surface area contributed by atoms with Gasteiger partial charge in [-0.05, 0) is 47.0 Å². The van der Waals surface area contributed by atoms with Gasteiger partial charge in [-0.15, -0.1) is 6.58 Å². The number of rotatable bonds is 6. The second-order valence-electron chi connectivity index (χ2n) is 6.95. The van der Waals surface area contributed by atoms with E-state index in [1.807, 2.05) is 26.8 Å². The quantitative estimate of drug-likeness (QED) is 0.600. The molecule has 0 aromatic carbocycles. The minimum Gasteiger partial charge on any atom is -0.468 e. The molecule has 0 aromatic heterocycles. The molecule has 1 N–H and O–H groups in total. The van der Waals surface area contributed by atoms with Crippen molar-refractivity contribution in [3.05, 3.63) is 12.7 Å². The Bertz CT molecular complexity index is 431. The largest absolute Gasteiger partial charge is 0.468 e. The maximum atomic E-state index is 12.5. The van der Waals surface area contributed by atoms with Crippen molar-refractivity contribution < 1.29 is 19.1 Å². The van der Waals surface area contributed by atoms with Gasteiger partial charge in [-0.3, -0.25) is 4.79 Å². The average molecular weight is 326 g/mol. The molecule has 1 rings (SSSR count). The van der Waals surface area contributed by atoms with Crippen LogP contribution in [0.3, 0.4) is 0 Å². The summed E-state index contributed by atoms with van der Waals surface area (Å²) < 4.78 is 10.2. The van der Waals surface area contributed by atoms with Crippen LogP contribution in [-0.4, -0.2) is 54.3 Å². The second-order valence-corrected chi connectivity index (χ2v) is 6.95. The maximum absolute atomic E-state index is 12.5. The van der Waals surface area contributed by atoms with E-state index in [-0.39, 0.29) is 24.1 Å². The van der Waals surface area contributed by atoms with Crippen LogP contribution in [0.1, 0.15) is 47.0 Å². The molecule has 0 saturated carbocycles. The first kappa shape index (κ1) is 19.5. The topological polar surface area (TPSA) is 67.9 Å². The SMILES string of the molecule is C=CCC1CCC(CN[C@@H](C)C(=O)OC)N1C(=O)OC(C)(C)C. The summed E-state index contributed by atoms with van der Waals surface area (Å²) in [5.41, 5.74) is -0.532. The van der Waals surface area contributed by atoms with Crippen LogP contribution in [0, 0.1) is 0 Å². The van der Waals surface area contributed by atoms with Crippen molar-refractivity contribution >= 4 is 12.1 Å². The Labute approximate surface area is 139 Å². The van der Waals surface area contributed by atoms with Crippen LogP contribution in [0.5, 0.6) is 0 Å². The van der Waals surface area contributed by atoms with Gasteiger partial charge in [0.2, 0.25) is 0 Å². The van der Waals surface area contributed by atoms with Crippen molar-refractivity contribution in [2.24, 2.45) is 0 Å². The first-order chi connectivity index (χ1) is 10.7. The molecule has 2 unspecified atom stereocenters. The molecule has 0 radical (unpaired) electrons. The van der Waals surface area contributed by atoms with E-state index in [1.165, 1.54) is 7.11 Å². The maximum Gasteiger partial charge on any atom is 0.410 e. The van der Waals surface area contributed by atoms with Crippen molar-refractivity contribution in [1.82, 2.24) is 10.2 Å². The van der Waals surface area contributed by atoms with Gasteiger partial charge in [-0.25, -0.2) is 4.79 Å². The highest BCUT2D eigenvalue weighted by molar-refractivity contribution is 5.75. The van der Waals surface area contributed by atoms with E-state index >= 15 is 0 Å². The molecule has 0 bridgehead atoms. The van der Waals surface area contributed by atoms with Crippen molar-refractivity contribution in [2.45, 2.75) is 70.7 Å². The third-order valence-electron chi connectivity index (χ3n) is 3.88. The van der Waals surface area contributed by atoms with Gasteiger partial charge in [0, 0.05) is 18.6 Å². The number of likely N-dealkylation sites (tertiary alicyclic amines) is 1. The Hall–Kier alpha value is -1.56. The fourth-order valence-corrected chi connectivity index (χ4v) is 2.77.